The number of carbonyl (C=O) groups excluding carboxylic acids is 1. The van der Waals surface area contributed by atoms with Crippen molar-refractivity contribution in [3.63, 3.8) is 0 Å². The van der Waals surface area contributed by atoms with Gasteiger partial charge >= 0.3 is 15.2 Å². The Hall–Kier alpha value is -0.420. The standard InChI is InChI=1S/C20H33Cl2N3O8P2.ClH/c21-8-11-24(12-9-22)16-6-4-15(5-7-16)13-18(23)19(26)25-10-2-1-3-17(25)14-20(27,34(28,29)30)35(31,32)33;/h4-7,17-18,27H,1-3,8-14,23H2,(H2,28,29,30)(H2,31,32,33);1H/t17?,18-;/m0./s1. The number of hydrogen-bond acceptors (Lipinski definition) is 6. The molecule has 11 nitrogen and oxygen atoms in total. The van der Waals surface area contributed by atoms with Crippen molar-refractivity contribution in [3.05, 3.63) is 29.8 Å². The van der Waals surface area contributed by atoms with E-state index in [2.05, 4.69) is 0 Å². The summed E-state index contributed by atoms with van der Waals surface area (Å²) in [6, 6.07) is 5.40. The topological polar surface area (TPSA) is 185 Å². The van der Waals surface area contributed by atoms with Crippen LogP contribution >= 0.6 is 50.8 Å². The number of aliphatic hydroxyl groups is 1. The molecule has 1 fully saturated rings. The summed E-state index contributed by atoms with van der Waals surface area (Å²) < 4.78 is 23.6. The van der Waals surface area contributed by atoms with Crippen molar-refractivity contribution in [2.75, 3.05) is 36.3 Å². The molecule has 1 aliphatic heterocycles. The Bertz CT molecular complexity index is 919. The number of nitrogens with two attached hydrogens (primary N) is 1. The minimum atomic E-state index is -5.63. The van der Waals surface area contributed by atoms with Gasteiger partial charge in [0.25, 0.3) is 5.08 Å². The average molecular weight is 613 g/mol. The molecule has 36 heavy (non-hydrogen) atoms. The van der Waals surface area contributed by atoms with Crippen molar-refractivity contribution >= 4 is 62.4 Å². The summed E-state index contributed by atoms with van der Waals surface area (Å²) in [4.78, 5) is 54.4. The first kappa shape index (κ1) is 33.6. The van der Waals surface area contributed by atoms with Gasteiger partial charge in [-0.05, 0) is 43.4 Å². The summed E-state index contributed by atoms with van der Waals surface area (Å²) in [6.45, 7) is 1.44. The van der Waals surface area contributed by atoms with Gasteiger partial charge in [0, 0.05) is 49.5 Å². The fourth-order valence-corrected chi connectivity index (χ4v) is 6.86. The van der Waals surface area contributed by atoms with E-state index in [0.717, 1.165) is 11.3 Å². The van der Waals surface area contributed by atoms with Gasteiger partial charge in [-0.2, -0.15) is 0 Å². The Morgan fingerprint density at radius 2 is 1.61 bits per heavy atom. The summed E-state index contributed by atoms with van der Waals surface area (Å²) in [5.74, 6) is 0.353. The second kappa shape index (κ2) is 14.1. The molecule has 0 aromatic heterocycles. The van der Waals surface area contributed by atoms with Gasteiger partial charge in [-0.1, -0.05) is 12.1 Å². The van der Waals surface area contributed by atoms with Crippen LogP contribution in [0.5, 0.6) is 0 Å². The van der Waals surface area contributed by atoms with Crippen molar-refractivity contribution in [2.45, 2.75) is 49.3 Å². The number of benzene rings is 1. The van der Waals surface area contributed by atoms with Crippen molar-refractivity contribution in [1.29, 1.82) is 0 Å². The van der Waals surface area contributed by atoms with Crippen LogP contribution < -0.4 is 10.6 Å². The van der Waals surface area contributed by atoms with E-state index in [0.29, 0.717) is 37.7 Å². The van der Waals surface area contributed by atoms with E-state index in [9.17, 15) is 38.6 Å². The van der Waals surface area contributed by atoms with E-state index < -0.39 is 44.7 Å². The number of anilines is 1. The van der Waals surface area contributed by atoms with Crippen LogP contribution in [0, 0.1) is 0 Å². The van der Waals surface area contributed by atoms with Crippen LogP contribution in [0.15, 0.2) is 24.3 Å². The third-order valence-corrected chi connectivity index (χ3v) is 10.3. The van der Waals surface area contributed by atoms with Gasteiger partial charge in [-0.25, -0.2) is 0 Å². The molecule has 0 spiro atoms. The first-order chi connectivity index (χ1) is 16.2. The second-order valence-corrected chi connectivity index (χ2v) is 13.4. The van der Waals surface area contributed by atoms with E-state index >= 15 is 0 Å². The molecular weight excluding hydrogens is 579 g/mol. The molecule has 0 saturated carbocycles. The molecule has 1 heterocycles. The van der Waals surface area contributed by atoms with E-state index in [4.69, 9.17) is 28.9 Å². The van der Waals surface area contributed by atoms with E-state index in [1.54, 1.807) is 0 Å². The molecule has 208 valence electrons. The molecule has 2 atom stereocenters. The maximum atomic E-state index is 13.1. The van der Waals surface area contributed by atoms with Crippen LogP contribution in [0.4, 0.5) is 5.69 Å². The fourth-order valence-electron chi connectivity index (χ4n) is 4.20. The van der Waals surface area contributed by atoms with Gasteiger partial charge in [0.05, 0.1) is 6.04 Å². The lowest BCUT2D eigenvalue weighted by Crippen LogP contribution is -2.53. The SMILES string of the molecule is Cl.N[C@@H](Cc1ccc(N(CCCl)CCCl)cc1)C(=O)N1CCCCC1CC(O)(P(=O)(O)O)P(=O)(O)O. The number of piperidine rings is 1. The van der Waals surface area contributed by atoms with Gasteiger partial charge in [-0.3, -0.25) is 13.9 Å². The predicted molar refractivity (Wildman–Crippen MR) is 142 cm³/mol. The molecule has 1 unspecified atom stereocenters. The lowest BCUT2D eigenvalue weighted by Gasteiger charge is -2.41. The van der Waals surface area contributed by atoms with Gasteiger partial charge in [-0.15, -0.1) is 35.6 Å². The fraction of sp³-hybridized carbons (Fsp3) is 0.650. The van der Waals surface area contributed by atoms with Crippen LogP contribution in [-0.2, 0) is 20.3 Å². The smallest absolute Gasteiger partial charge is 0.369 e. The van der Waals surface area contributed by atoms with Gasteiger partial charge in [0.1, 0.15) is 0 Å². The third kappa shape index (κ3) is 8.29. The molecule has 16 heteroatoms. The van der Waals surface area contributed by atoms with Crippen molar-refractivity contribution < 1.29 is 38.6 Å². The number of alkyl halides is 2. The van der Waals surface area contributed by atoms with E-state index in [-0.39, 0.29) is 31.8 Å². The third-order valence-electron chi connectivity index (χ3n) is 6.14. The zero-order valence-corrected chi connectivity index (χ0v) is 23.6. The number of nitrogens with zero attached hydrogens (tertiary/aromatic N) is 2. The Kier molecular flexibility index (Phi) is 13.2. The number of rotatable bonds is 12. The van der Waals surface area contributed by atoms with Crippen LogP contribution in [0.1, 0.15) is 31.2 Å². The Balaban J connectivity index is 0.00000648. The Morgan fingerprint density at radius 1 is 1.08 bits per heavy atom. The number of carbonyl (C=O) groups is 1. The number of halogens is 3. The quantitative estimate of drug-likeness (QED) is 0.151. The molecule has 2 rings (SSSR count). The number of hydrogen-bond donors (Lipinski definition) is 6. The molecular formula is C20H34Cl3N3O8P2. The monoisotopic (exact) mass is 611 g/mol. The van der Waals surface area contributed by atoms with Crippen LogP contribution in [0.25, 0.3) is 0 Å². The van der Waals surface area contributed by atoms with Crippen LogP contribution in [-0.4, -0.2) is 84.0 Å². The van der Waals surface area contributed by atoms with Crippen molar-refractivity contribution in [1.82, 2.24) is 4.90 Å². The lowest BCUT2D eigenvalue weighted by molar-refractivity contribution is -0.137. The normalized spacial score (nSPS) is 17.9. The van der Waals surface area contributed by atoms with E-state index in [1.165, 1.54) is 4.90 Å². The Morgan fingerprint density at radius 3 is 2.08 bits per heavy atom. The Labute approximate surface area is 226 Å². The predicted octanol–water partition coefficient (Wildman–Crippen LogP) is 2.03. The average Bonchev–Trinajstić information content (AvgIpc) is 2.78. The van der Waals surface area contributed by atoms with Crippen molar-refractivity contribution in [2.24, 2.45) is 5.73 Å². The van der Waals surface area contributed by atoms with Crippen LogP contribution in [0.2, 0.25) is 0 Å². The first-order valence-corrected chi connectivity index (χ1v) is 15.4. The van der Waals surface area contributed by atoms with Gasteiger partial charge < -0.3 is 40.2 Å². The lowest BCUT2D eigenvalue weighted by atomic mass is 9.97. The summed E-state index contributed by atoms with van der Waals surface area (Å²) in [7, 11) is -11.3. The van der Waals surface area contributed by atoms with Gasteiger partial charge in [0.15, 0.2) is 0 Å². The molecule has 0 radical (unpaired) electrons. The van der Waals surface area contributed by atoms with Crippen molar-refractivity contribution in [3.8, 4) is 0 Å². The summed E-state index contributed by atoms with van der Waals surface area (Å²) in [5, 5.41) is 6.76. The molecule has 1 saturated heterocycles. The van der Waals surface area contributed by atoms with Crippen LogP contribution in [0.3, 0.4) is 0 Å². The molecule has 0 bridgehead atoms. The second-order valence-electron chi connectivity index (χ2n) is 8.59. The maximum Gasteiger partial charge on any atom is 0.369 e. The summed E-state index contributed by atoms with van der Waals surface area (Å²) >= 11 is 11.7. The molecule has 1 aliphatic rings. The maximum absolute atomic E-state index is 13.1. The highest BCUT2D eigenvalue weighted by Crippen LogP contribution is 2.69. The highest BCUT2D eigenvalue weighted by Gasteiger charge is 2.60. The highest BCUT2D eigenvalue weighted by molar-refractivity contribution is 7.72. The molecule has 0 aliphatic carbocycles. The zero-order valence-electron chi connectivity index (χ0n) is 19.5. The number of likely N-dealkylation sites (tertiary alicyclic amines) is 1. The molecule has 1 amide bonds. The van der Waals surface area contributed by atoms with Gasteiger partial charge in [0.2, 0.25) is 5.91 Å². The summed E-state index contributed by atoms with van der Waals surface area (Å²) in [6.07, 6.45) is 0.572. The first-order valence-electron chi connectivity index (χ1n) is 11.1. The minimum Gasteiger partial charge on any atom is -0.369 e. The van der Waals surface area contributed by atoms with E-state index in [1.807, 2.05) is 29.2 Å². The molecule has 1 aromatic carbocycles. The zero-order chi connectivity index (χ0) is 26.4. The molecule has 1 aromatic rings. The number of amides is 1. The minimum absolute atomic E-state index is 0. The largest absolute Gasteiger partial charge is 0.369 e. The molecule has 7 N–H and O–H groups in total. The highest BCUT2D eigenvalue weighted by atomic mass is 35.5. The summed E-state index contributed by atoms with van der Waals surface area (Å²) in [5.41, 5.74) is 7.86.